The van der Waals surface area contributed by atoms with Crippen LogP contribution in [0.3, 0.4) is 0 Å². The average Bonchev–Trinajstić information content (AvgIpc) is 3.40. The number of fused-ring (bicyclic) bond motifs is 4. The van der Waals surface area contributed by atoms with Crippen molar-refractivity contribution in [1.29, 1.82) is 0 Å². The molecule has 2 saturated heterocycles. The highest BCUT2D eigenvalue weighted by molar-refractivity contribution is 6.20. The second kappa shape index (κ2) is 9.24. The van der Waals surface area contributed by atoms with Gasteiger partial charge in [-0.3, -0.25) is 38.7 Å². The van der Waals surface area contributed by atoms with Gasteiger partial charge < -0.3 is 14.7 Å². The largest absolute Gasteiger partial charge is 0.494 e. The number of H-pyrrole nitrogens is 1. The quantitative estimate of drug-likeness (QED) is 0.415. The van der Waals surface area contributed by atoms with Crippen molar-refractivity contribution in [2.75, 3.05) is 39.3 Å². The summed E-state index contributed by atoms with van der Waals surface area (Å²) < 4.78 is 5.92. The molecule has 0 radical (unpaired) electrons. The van der Waals surface area contributed by atoms with E-state index < -0.39 is 40.4 Å². The lowest BCUT2D eigenvalue weighted by molar-refractivity contribution is -0.159. The second-order valence-electron chi connectivity index (χ2n) is 9.72. The maximum Gasteiger partial charge on any atom is 0.332 e. The standard InChI is InChI=1S/C25H28N6O7/c1-28-21(34)25(22(35)29(2)24(28)37)12-14-11-15(6-7-17(14)30-8-4-5-18(25)30)26-13-16-19(32)27-23(36)31(20(16)33)9-10-38-3/h6-7,11,13,18,33H,4-5,8-10,12H2,1-3H3,(H,27,32,36)/t18-/m1/s1. The Morgan fingerprint density at radius 1 is 1.16 bits per heavy atom. The van der Waals surface area contributed by atoms with E-state index in [0.717, 1.165) is 32.7 Å². The molecule has 1 aromatic carbocycles. The number of carbonyl (C=O) groups is 3. The summed E-state index contributed by atoms with van der Waals surface area (Å²) in [7, 11) is 4.23. The third-order valence-corrected chi connectivity index (χ3v) is 7.68. The summed E-state index contributed by atoms with van der Waals surface area (Å²) in [6.07, 6.45) is 2.70. The van der Waals surface area contributed by atoms with Crippen molar-refractivity contribution in [3.63, 3.8) is 0 Å². The van der Waals surface area contributed by atoms with Crippen LogP contribution in [-0.2, 0) is 27.3 Å². The highest BCUT2D eigenvalue weighted by Crippen LogP contribution is 2.49. The van der Waals surface area contributed by atoms with E-state index in [1.54, 1.807) is 12.1 Å². The van der Waals surface area contributed by atoms with Crippen LogP contribution in [0.1, 0.15) is 24.0 Å². The lowest BCUT2D eigenvalue weighted by atomic mass is 9.68. The van der Waals surface area contributed by atoms with Gasteiger partial charge in [-0.1, -0.05) is 0 Å². The van der Waals surface area contributed by atoms with E-state index in [1.807, 2.05) is 6.07 Å². The van der Waals surface area contributed by atoms with Crippen molar-refractivity contribution in [2.45, 2.75) is 31.8 Å². The van der Waals surface area contributed by atoms with Crippen LogP contribution < -0.4 is 16.1 Å². The number of imide groups is 2. The molecule has 38 heavy (non-hydrogen) atoms. The molecule has 2 aromatic rings. The van der Waals surface area contributed by atoms with E-state index in [-0.39, 0.29) is 31.2 Å². The molecule has 1 spiro atoms. The number of nitrogens with zero attached hydrogens (tertiary/aromatic N) is 5. The van der Waals surface area contributed by atoms with Crippen LogP contribution in [0.4, 0.5) is 16.2 Å². The van der Waals surface area contributed by atoms with Crippen LogP contribution in [0.5, 0.6) is 5.88 Å². The molecule has 200 valence electrons. The molecule has 0 unspecified atom stereocenters. The first kappa shape index (κ1) is 25.4. The van der Waals surface area contributed by atoms with E-state index in [2.05, 4.69) is 14.9 Å². The maximum atomic E-state index is 13.5. The van der Waals surface area contributed by atoms with Gasteiger partial charge in [0, 0.05) is 39.7 Å². The Morgan fingerprint density at radius 2 is 1.87 bits per heavy atom. The zero-order chi connectivity index (χ0) is 27.4. The molecule has 2 N–H and O–H groups in total. The Hall–Kier alpha value is -4.26. The van der Waals surface area contributed by atoms with E-state index in [0.29, 0.717) is 24.2 Å². The number of aromatic hydroxyl groups is 1. The van der Waals surface area contributed by atoms with Crippen LogP contribution in [0.15, 0.2) is 32.8 Å². The van der Waals surface area contributed by atoms with Gasteiger partial charge in [0.2, 0.25) is 17.7 Å². The summed E-state index contributed by atoms with van der Waals surface area (Å²) in [5.41, 5.74) is -1.19. The molecule has 13 heteroatoms. The van der Waals surface area contributed by atoms with Gasteiger partial charge in [-0.05, 0) is 43.0 Å². The van der Waals surface area contributed by atoms with Crippen LogP contribution in [0.25, 0.3) is 0 Å². The summed E-state index contributed by atoms with van der Waals surface area (Å²) in [5, 5.41) is 10.5. The molecule has 2 fully saturated rings. The molecule has 0 aliphatic carbocycles. The Bertz CT molecular complexity index is 1470. The number of aromatic amines is 1. The van der Waals surface area contributed by atoms with E-state index in [1.165, 1.54) is 21.2 Å². The summed E-state index contributed by atoms with van der Waals surface area (Å²) in [6, 6.07) is 4.29. The molecule has 1 aromatic heterocycles. The van der Waals surface area contributed by atoms with Crippen molar-refractivity contribution in [2.24, 2.45) is 10.4 Å². The molecular formula is C25H28N6O7. The molecule has 5 rings (SSSR count). The molecule has 3 aliphatic rings. The number of ether oxygens (including phenoxy) is 1. The first-order valence-electron chi connectivity index (χ1n) is 12.2. The van der Waals surface area contributed by atoms with Crippen molar-refractivity contribution in [1.82, 2.24) is 19.4 Å². The number of aliphatic imine (C=N–C) groups is 1. The number of aromatic nitrogens is 2. The number of barbiturate groups is 1. The van der Waals surface area contributed by atoms with Crippen molar-refractivity contribution in [3.8, 4) is 5.88 Å². The van der Waals surface area contributed by atoms with E-state index in [4.69, 9.17) is 4.74 Å². The van der Waals surface area contributed by atoms with Crippen molar-refractivity contribution >= 4 is 35.4 Å². The van der Waals surface area contributed by atoms with Crippen LogP contribution >= 0.6 is 0 Å². The minimum atomic E-state index is -1.44. The van der Waals surface area contributed by atoms with Crippen molar-refractivity contribution < 1.29 is 24.2 Å². The fourth-order valence-corrected chi connectivity index (χ4v) is 5.81. The van der Waals surface area contributed by atoms with Gasteiger partial charge in [0.1, 0.15) is 5.56 Å². The lowest BCUT2D eigenvalue weighted by Crippen LogP contribution is -2.70. The number of methoxy groups -OCH3 is 1. The zero-order valence-corrected chi connectivity index (χ0v) is 21.3. The summed E-state index contributed by atoms with van der Waals surface area (Å²) >= 11 is 0. The smallest absolute Gasteiger partial charge is 0.332 e. The zero-order valence-electron chi connectivity index (χ0n) is 21.3. The van der Waals surface area contributed by atoms with Crippen molar-refractivity contribution in [3.05, 3.63) is 50.2 Å². The monoisotopic (exact) mass is 524 g/mol. The number of nitrogens with one attached hydrogen (secondary N) is 1. The molecule has 0 saturated carbocycles. The Kier molecular flexibility index (Phi) is 6.18. The molecule has 4 heterocycles. The minimum absolute atomic E-state index is 0.0319. The highest BCUT2D eigenvalue weighted by Gasteiger charge is 2.63. The topological polar surface area (TPSA) is 158 Å². The first-order chi connectivity index (χ1) is 18.1. The number of amides is 4. The molecule has 4 amide bonds. The predicted octanol–water partition coefficient (Wildman–Crippen LogP) is 0.201. The predicted molar refractivity (Wildman–Crippen MR) is 136 cm³/mol. The van der Waals surface area contributed by atoms with Gasteiger partial charge in [-0.15, -0.1) is 0 Å². The van der Waals surface area contributed by atoms with Crippen LogP contribution in [0, 0.1) is 5.41 Å². The minimum Gasteiger partial charge on any atom is -0.494 e. The molecule has 1 atom stereocenters. The van der Waals surface area contributed by atoms with Gasteiger partial charge in [0.15, 0.2) is 5.41 Å². The number of benzene rings is 1. The first-order valence-corrected chi connectivity index (χ1v) is 12.2. The van der Waals surface area contributed by atoms with Crippen LogP contribution in [0.2, 0.25) is 0 Å². The number of carbonyl (C=O) groups excluding carboxylic acids is 3. The van der Waals surface area contributed by atoms with Crippen LogP contribution in [-0.4, -0.2) is 88.9 Å². The van der Waals surface area contributed by atoms with Gasteiger partial charge >= 0.3 is 11.7 Å². The maximum absolute atomic E-state index is 13.5. The number of hydrogen-bond donors (Lipinski definition) is 2. The molecule has 3 aliphatic heterocycles. The third-order valence-electron chi connectivity index (χ3n) is 7.68. The van der Waals surface area contributed by atoms with Gasteiger partial charge in [-0.2, -0.15) is 0 Å². The Morgan fingerprint density at radius 3 is 2.55 bits per heavy atom. The Balaban J connectivity index is 1.54. The summed E-state index contributed by atoms with van der Waals surface area (Å²) in [5.74, 6) is -1.57. The van der Waals surface area contributed by atoms with E-state index >= 15 is 0 Å². The number of anilines is 1. The van der Waals surface area contributed by atoms with Gasteiger partial charge in [-0.25, -0.2) is 9.59 Å². The van der Waals surface area contributed by atoms with Gasteiger partial charge in [0.25, 0.3) is 5.56 Å². The summed E-state index contributed by atoms with van der Waals surface area (Å²) in [6.45, 7) is 0.841. The van der Waals surface area contributed by atoms with Gasteiger partial charge in [0.05, 0.1) is 24.9 Å². The lowest BCUT2D eigenvalue weighted by Gasteiger charge is -2.50. The number of hydrogen-bond acceptors (Lipinski definition) is 9. The molecular weight excluding hydrogens is 496 g/mol. The SMILES string of the molecule is COCCn1c(O)c(C=Nc2ccc3c(c2)CC2(C(=O)N(C)C(=O)N(C)C2=O)[C@H]2CCCN32)c(=O)[nH]c1=O. The third kappa shape index (κ3) is 3.64. The fourth-order valence-electron chi connectivity index (χ4n) is 5.81. The number of rotatable bonds is 5. The average molecular weight is 525 g/mol. The molecule has 13 nitrogen and oxygen atoms in total. The summed E-state index contributed by atoms with van der Waals surface area (Å²) in [4.78, 5) is 74.5. The normalized spacial score (nSPS) is 20.6. The number of urea groups is 1. The van der Waals surface area contributed by atoms with E-state index in [9.17, 15) is 29.1 Å². The highest BCUT2D eigenvalue weighted by atomic mass is 16.5. The molecule has 0 bridgehead atoms. The fraction of sp³-hybridized carbons (Fsp3) is 0.440. The Labute approximate surface area is 216 Å². The second-order valence-corrected chi connectivity index (χ2v) is 9.72.